The molecule has 0 saturated heterocycles. The lowest BCUT2D eigenvalue weighted by Crippen LogP contribution is -2.16. The molecule has 0 rings (SSSR count). The zero-order chi connectivity index (χ0) is 12.8. The van der Waals surface area contributed by atoms with E-state index in [0.29, 0.717) is 5.70 Å². The van der Waals surface area contributed by atoms with Gasteiger partial charge in [0.15, 0.2) is 0 Å². The molecule has 2 N–H and O–H groups in total. The van der Waals surface area contributed by atoms with E-state index >= 15 is 0 Å². The Morgan fingerprint density at radius 1 is 1.38 bits per heavy atom. The largest absolute Gasteiger partial charge is 0.399 e. The van der Waals surface area contributed by atoms with Gasteiger partial charge in [-0.05, 0) is 42.4 Å². The van der Waals surface area contributed by atoms with Gasteiger partial charge in [0, 0.05) is 5.70 Å². The predicted molar refractivity (Wildman–Crippen MR) is 74.1 cm³/mol. The Morgan fingerprint density at radius 2 is 1.94 bits per heavy atom. The first-order chi connectivity index (χ1) is 7.38. The fraction of sp³-hybridized carbons (Fsp3) is 0.467. The fourth-order valence-corrected chi connectivity index (χ4v) is 1.64. The summed E-state index contributed by atoms with van der Waals surface area (Å²) in [5.41, 5.74) is 8.99. The standard InChI is InChI=1S/C15H25N/c1-7-10-13(8-2)14(11-12(4)16)15(5,6)9-3/h7-8,11H,1,4,9-10,16H2,2-3,5-6H3/b13-8-,14-11+. The maximum absolute atomic E-state index is 5.71. The van der Waals surface area contributed by atoms with Crippen molar-refractivity contribution in [1.82, 2.24) is 0 Å². The molecule has 0 fully saturated rings. The van der Waals surface area contributed by atoms with E-state index in [2.05, 4.69) is 46.9 Å². The van der Waals surface area contributed by atoms with Gasteiger partial charge >= 0.3 is 0 Å². The van der Waals surface area contributed by atoms with Crippen molar-refractivity contribution in [3.63, 3.8) is 0 Å². The molecule has 0 aromatic carbocycles. The number of nitrogens with two attached hydrogens (primary N) is 1. The van der Waals surface area contributed by atoms with Crippen LogP contribution in [0.1, 0.15) is 40.5 Å². The minimum absolute atomic E-state index is 0.118. The van der Waals surface area contributed by atoms with E-state index in [0.717, 1.165) is 12.8 Å². The highest BCUT2D eigenvalue weighted by Gasteiger charge is 2.23. The molecule has 1 nitrogen and oxygen atoms in total. The molecule has 1 heteroatoms. The highest BCUT2D eigenvalue weighted by Crippen LogP contribution is 2.36. The van der Waals surface area contributed by atoms with Gasteiger partial charge < -0.3 is 5.73 Å². The molecule has 0 bridgehead atoms. The summed E-state index contributed by atoms with van der Waals surface area (Å²) in [6, 6.07) is 0. The number of rotatable bonds is 6. The molecular formula is C15H25N. The van der Waals surface area contributed by atoms with Crippen molar-refractivity contribution >= 4 is 0 Å². The lowest BCUT2D eigenvalue weighted by molar-refractivity contribution is 0.433. The van der Waals surface area contributed by atoms with Crippen molar-refractivity contribution in [2.45, 2.75) is 40.5 Å². The molecule has 0 aliphatic rings. The van der Waals surface area contributed by atoms with Crippen LogP contribution in [0.5, 0.6) is 0 Å². The van der Waals surface area contributed by atoms with Crippen molar-refractivity contribution in [1.29, 1.82) is 0 Å². The highest BCUT2D eigenvalue weighted by molar-refractivity contribution is 5.40. The van der Waals surface area contributed by atoms with E-state index in [1.54, 1.807) is 0 Å². The summed E-state index contributed by atoms with van der Waals surface area (Å²) >= 11 is 0. The predicted octanol–water partition coefficient (Wildman–Crippen LogP) is 4.34. The smallest absolute Gasteiger partial charge is 0.0243 e. The number of allylic oxidation sites excluding steroid dienone is 5. The Kier molecular flexibility index (Phi) is 5.87. The summed E-state index contributed by atoms with van der Waals surface area (Å²) in [7, 11) is 0. The Morgan fingerprint density at radius 3 is 2.25 bits per heavy atom. The molecule has 0 aromatic heterocycles. The molecule has 0 unspecified atom stereocenters. The first-order valence-electron chi connectivity index (χ1n) is 5.82. The van der Waals surface area contributed by atoms with Gasteiger partial charge in [-0.1, -0.05) is 39.5 Å². The highest BCUT2D eigenvalue weighted by atomic mass is 14.5. The maximum atomic E-state index is 5.71. The third kappa shape index (κ3) is 4.09. The van der Waals surface area contributed by atoms with E-state index in [-0.39, 0.29) is 5.41 Å². The van der Waals surface area contributed by atoms with Crippen molar-refractivity contribution < 1.29 is 0 Å². The molecule has 0 saturated carbocycles. The van der Waals surface area contributed by atoms with Crippen molar-refractivity contribution in [2.75, 3.05) is 0 Å². The second kappa shape index (κ2) is 6.37. The van der Waals surface area contributed by atoms with E-state index in [4.69, 9.17) is 5.73 Å². The Hall–Kier alpha value is -1.24. The fourth-order valence-electron chi connectivity index (χ4n) is 1.64. The monoisotopic (exact) mass is 219 g/mol. The van der Waals surface area contributed by atoms with Crippen molar-refractivity contribution in [3.05, 3.63) is 48.2 Å². The minimum Gasteiger partial charge on any atom is -0.399 e. The topological polar surface area (TPSA) is 26.0 Å². The quantitative estimate of drug-likeness (QED) is 0.522. The van der Waals surface area contributed by atoms with Gasteiger partial charge in [0.2, 0.25) is 0 Å². The van der Waals surface area contributed by atoms with Crippen LogP contribution < -0.4 is 5.73 Å². The molecule has 0 aliphatic heterocycles. The summed E-state index contributed by atoms with van der Waals surface area (Å²) in [5.74, 6) is 0. The summed E-state index contributed by atoms with van der Waals surface area (Å²) in [4.78, 5) is 0. The van der Waals surface area contributed by atoms with Gasteiger partial charge in [-0.15, -0.1) is 6.58 Å². The van der Waals surface area contributed by atoms with E-state index < -0.39 is 0 Å². The summed E-state index contributed by atoms with van der Waals surface area (Å²) in [6.45, 7) is 16.3. The first kappa shape index (κ1) is 14.8. The molecule has 90 valence electrons. The third-order valence-corrected chi connectivity index (χ3v) is 3.00. The van der Waals surface area contributed by atoms with E-state index in [1.807, 2.05) is 12.2 Å². The average Bonchev–Trinajstić information content (AvgIpc) is 2.22. The molecule has 0 heterocycles. The zero-order valence-electron chi connectivity index (χ0n) is 11.1. The van der Waals surface area contributed by atoms with Crippen LogP contribution in [0.15, 0.2) is 48.2 Å². The first-order valence-corrected chi connectivity index (χ1v) is 5.82. The van der Waals surface area contributed by atoms with Crippen LogP contribution in [0.4, 0.5) is 0 Å². The Bertz CT molecular complexity index is 316. The van der Waals surface area contributed by atoms with E-state index in [9.17, 15) is 0 Å². The Labute approximate surface area is 100 Å². The van der Waals surface area contributed by atoms with Crippen molar-refractivity contribution in [2.24, 2.45) is 11.1 Å². The molecule has 0 atom stereocenters. The maximum Gasteiger partial charge on any atom is 0.0243 e. The molecule has 16 heavy (non-hydrogen) atoms. The molecular weight excluding hydrogens is 194 g/mol. The molecule has 0 spiro atoms. The normalized spacial score (nSPS) is 13.8. The van der Waals surface area contributed by atoms with E-state index in [1.165, 1.54) is 11.1 Å². The van der Waals surface area contributed by atoms with Crippen LogP contribution in [-0.4, -0.2) is 0 Å². The van der Waals surface area contributed by atoms with Crippen LogP contribution in [0.2, 0.25) is 0 Å². The van der Waals surface area contributed by atoms with Gasteiger partial charge in [0.1, 0.15) is 0 Å². The number of hydrogen-bond acceptors (Lipinski definition) is 1. The summed E-state index contributed by atoms with van der Waals surface area (Å²) in [6.07, 6.45) is 7.99. The van der Waals surface area contributed by atoms with Gasteiger partial charge in [0.25, 0.3) is 0 Å². The third-order valence-electron chi connectivity index (χ3n) is 3.00. The van der Waals surface area contributed by atoms with Gasteiger partial charge in [-0.2, -0.15) is 0 Å². The van der Waals surface area contributed by atoms with Crippen LogP contribution in [0, 0.1) is 5.41 Å². The summed E-state index contributed by atoms with van der Waals surface area (Å²) < 4.78 is 0. The van der Waals surface area contributed by atoms with Crippen LogP contribution in [0.3, 0.4) is 0 Å². The zero-order valence-corrected chi connectivity index (χ0v) is 11.1. The van der Waals surface area contributed by atoms with Crippen LogP contribution in [0.25, 0.3) is 0 Å². The van der Waals surface area contributed by atoms with Gasteiger partial charge in [-0.3, -0.25) is 0 Å². The second-order valence-corrected chi connectivity index (χ2v) is 4.68. The summed E-state index contributed by atoms with van der Waals surface area (Å²) in [5, 5.41) is 0. The van der Waals surface area contributed by atoms with Crippen LogP contribution >= 0.6 is 0 Å². The minimum atomic E-state index is 0.118. The number of hydrogen-bond donors (Lipinski definition) is 1. The second-order valence-electron chi connectivity index (χ2n) is 4.68. The van der Waals surface area contributed by atoms with Gasteiger partial charge in [0.05, 0.1) is 0 Å². The van der Waals surface area contributed by atoms with Crippen molar-refractivity contribution in [3.8, 4) is 0 Å². The molecule has 0 aromatic rings. The molecule has 0 radical (unpaired) electrons. The van der Waals surface area contributed by atoms with Crippen LogP contribution in [-0.2, 0) is 0 Å². The lowest BCUT2D eigenvalue weighted by Gasteiger charge is -2.28. The van der Waals surface area contributed by atoms with Gasteiger partial charge in [-0.25, -0.2) is 0 Å². The SMILES string of the molecule is C=CCC(=C/C)/C(=C\C(=C)N)C(C)(C)CC. The molecule has 0 aliphatic carbocycles. The molecule has 0 amide bonds. The lowest BCUT2D eigenvalue weighted by atomic mass is 9.76. The Balaban J connectivity index is 5.41. The average molecular weight is 219 g/mol.